The van der Waals surface area contributed by atoms with Crippen molar-refractivity contribution >= 4 is 17.2 Å². The maximum atomic E-state index is 12.3. The fourth-order valence-electron chi connectivity index (χ4n) is 2.20. The molecule has 1 amide bonds. The van der Waals surface area contributed by atoms with E-state index in [9.17, 15) is 4.79 Å². The lowest BCUT2D eigenvalue weighted by Gasteiger charge is -2.18. The Morgan fingerprint density at radius 2 is 2.00 bits per heavy atom. The number of thiazole rings is 1. The highest BCUT2D eigenvalue weighted by Gasteiger charge is 2.17. The van der Waals surface area contributed by atoms with Gasteiger partial charge < -0.3 is 10.0 Å². The van der Waals surface area contributed by atoms with Crippen molar-refractivity contribution in [3.63, 3.8) is 0 Å². The quantitative estimate of drug-likeness (QED) is 0.888. The number of carbonyl (C=O) groups is 1. The number of aliphatic hydroxyl groups excluding tert-OH is 1. The predicted molar refractivity (Wildman–Crippen MR) is 90.3 cm³/mol. The summed E-state index contributed by atoms with van der Waals surface area (Å²) in [5, 5.41) is 11.6. The van der Waals surface area contributed by atoms with Crippen LogP contribution < -0.4 is 0 Å². The number of aliphatic hydroxyl groups is 1. The minimum atomic E-state index is -0.127. The topological polar surface area (TPSA) is 53.4 Å². The van der Waals surface area contributed by atoms with Crippen LogP contribution in [0, 0.1) is 0 Å². The molecule has 4 nitrogen and oxygen atoms in total. The summed E-state index contributed by atoms with van der Waals surface area (Å²) in [5.74, 6) is 0.372. The third-order valence-electron chi connectivity index (χ3n) is 3.59. The molecule has 0 aliphatic rings. The number of carbonyl (C=O) groups excluding carboxylic acids is 1. The molecule has 1 N–H and O–H groups in total. The van der Waals surface area contributed by atoms with Gasteiger partial charge >= 0.3 is 0 Å². The van der Waals surface area contributed by atoms with Gasteiger partial charge in [-0.2, -0.15) is 0 Å². The van der Waals surface area contributed by atoms with Crippen molar-refractivity contribution in [3.05, 3.63) is 40.9 Å². The molecule has 0 saturated heterocycles. The van der Waals surface area contributed by atoms with E-state index in [1.807, 2.05) is 19.1 Å². The molecule has 0 fully saturated rings. The highest BCUT2D eigenvalue weighted by atomic mass is 32.1. The first-order valence-corrected chi connectivity index (χ1v) is 8.40. The first kappa shape index (κ1) is 16.6. The van der Waals surface area contributed by atoms with Crippen LogP contribution in [0.25, 0.3) is 10.6 Å². The number of rotatable bonds is 6. The third-order valence-corrected chi connectivity index (χ3v) is 4.48. The summed E-state index contributed by atoms with van der Waals surface area (Å²) in [6, 6.07) is 8.31. The van der Waals surface area contributed by atoms with Crippen LogP contribution in [0.2, 0.25) is 0 Å². The summed E-state index contributed by atoms with van der Waals surface area (Å²) in [6.07, 6.45) is 0. The predicted octanol–water partition coefficient (Wildman–Crippen LogP) is 3.39. The standard InChI is InChI=1S/C17H22N2O2S/c1-4-19(9-10-20)17(21)15-11-22-16(18-15)14-7-5-13(6-8-14)12(2)3/h5-8,11-12,20H,4,9-10H2,1-3H3. The van der Waals surface area contributed by atoms with Gasteiger partial charge in [-0.1, -0.05) is 38.1 Å². The lowest BCUT2D eigenvalue weighted by Crippen LogP contribution is -2.33. The zero-order valence-electron chi connectivity index (χ0n) is 13.2. The van der Waals surface area contributed by atoms with Crippen molar-refractivity contribution in [2.45, 2.75) is 26.7 Å². The number of amides is 1. The fraction of sp³-hybridized carbons (Fsp3) is 0.412. The minimum absolute atomic E-state index is 0.0345. The van der Waals surface area contributed by atoms with Crippen LogP contribution in [0.4, 0.5) is 0 Å². The third kappa shape index (κ3) is 3.72. The number of aromatic nitrogens is 1. The summed E-state index contributed by atoms with van der Waals surface area (Å²) in [6.45, 7) is 7.09. The second-order valence-electron chi connectivity index (χ2n) is 5.42. The van der Waals surface area contributed by atoms with Gasteiger partial charge in [0.25, 0.3) is 5.91 Å². The summed E-state index contributed by atoms with van der Waals surface area (Å²) in [7, 11) is 0. The average molecular weight is 318 g/mol. The first-order valence-electron chi connectivity index (χ1n) is 7.52. The number of likely N-dealkylation sites (N-methyl/N-ethyl adjacent to an activating group) is 1. The Labute approximate surface area is 135 Å². The van der Waals surface area contributed by atoms with E-state index in [4.69, 9.17) is 5.11 Å². The minimum Gasteiger partial charge on any atom is -0.395 e. The fourth-order valence-corrected chi connectivity index (χ4v) is 3.00. The molecule has 22 heavy (non-hydrogen) atoms. The van der Waals surface area contributed by atoms with E-state index < -0.39 is 0 Å². The van der Waals surface area contributed by atoms with Gasteiger partial charge in [0.2, 0.25) is 0 Å². The Bertz CT molecular complexity index is 620. The summed E-state index contributed by atoms with van der Waals surface area (Å²) < 4.78 is 0. The molecule has 0 spiro atoms. The molecule has 5 heteroatoms. The Morgan fingerprint density at radius 3 is 2.55 bits per heavy atom. The maximum Gasteiger partial charge on any atom is 0.273 e. The largest absolute Gasteiger partial charge is 0.395 e. The SMILES string of the molecule is CCN(CCO)C(=O)c1csc(-c2ccc(C(C)C)cc2)n1. The Kier molecular flexibility index (Phi) is 5.69. The number of hydrogen-bond acceptors (Lipinski definition) is 4. The van der Waals surface area contributed by atoms with Crippen molar-refractivity contribution in [1.29, 1.82) is 0 Å². The molecule has 0 aliphatic heterocycles. The monoisotopic (exact) mass is 318 g/mol. The zero-order chi connectivity index (χ0) is 16.1. The molecule has 2 rings (SSSR count). The summed E-state index contributed by atoms with van der Waals surface area (Å²) in [5.41, 5.74) is 2.76. The second-order valence-corrected chi connectivity index (χ2v) is 6.28. The lowest BCUT2D eigenvalue weighted by atomic mass is 10.0. The van der Waals surface area contributed by atoms with Crippen LogP contribution >= 0.6 is 11.3 Å². The van der Waals surface area contributed by atoms with Gasteiger partial charge in [-0.25, -0.2) is 4.98 Å². The Morgan fingerprint density at radius 1 is 1.32 bits per heavy atom. The van der Waals surface area contributed by atoms with E-state index in [1.165, 1.54) is 16.9 Å². The van der Waals surface area contributed by atoms with Crippen LogP contribution in [-0.2, 0) is 0 Å². The van der Waals surface area contributed by atoms with Crippen molar-refractivity contribution in [3.8, 4) is 10.6 Å². The Hall–Kier alpha value is -1.72. The van der Waals surface area contributed by atoms with E-state index in [1.54, 1.807) is 10.3 Å². The first-order chi connectivity index (χ1) is 10.6. The summed E-state index contributed by atoms with van der Waals surface area (Å²) >= 11 is 1.47. The molecule has 0 aliphatic carbocycles. The number of nitrogens with zero attached hydrogens (tertiary/aromatic N) is 2. The van der Waals surface area contributed by atoms with Crippen molar-refractivity contribution in [2.75, 3.05) is 19.7 Å². The van der Waals surface area contributed by atoms with Crippen LogP contribution in [0.5, 0.6) is 0 Å². The second kappa shape index (κ2) is 7.51. The summed E-state index contributed by atoms with van der Waals surface area (Å²) in [4.78, 5) is 18.4. The van der Waals surface area contributed by atoms with Crippen molar-refractivity contribution < 1.29 is 9.90 Å². The lowest BCUT2D eigenvalue weighted by molar-refractivity contribution is 0.0727. The molecule has 0 saturated carbocycles. The normalized spacial score (nSPS) is 11.0. The molecular formula is C17H22N2O2S. The highest BCUT2D eigenvalue weighted by Crippen LogP contribution is 2.26. The maximum absolute atomic E-state index is 12.3. The van der Waals surface area contributed by atoms with Crippen molar-refractivity contribution in [2.24, 2.45) is 0 Å². The van der Waals surface area contributed by atoms with Crippen LogP contribution in [0.15, 0.2) is 29.6 Å². The van der Waals surface area contributed by atoms with Gasteiger partial charge in [-0.05, 0) is 18.4 Å². The number of hydrogen-bond donors (Lipinski definition) is 1. The molecule has 0 bridgehead atoms. The van der Waals surface area contributed by atoms with E-state index in [0.29, 0.717) is 24.7 Å². The molecule has 0 radical (unpaired) electrons. The molecule has 1 aromatic carbocycles. The zero-order valence-corrected chi connectivity index (χ0v) is 14.1. The van der Waals surface area contributed by atoms with Crippen molar-refractivity contribution in [1.82, 2.24) is 9.88 Å². The number of benzene rings is 1. The van der Waals surface area contributed by atoms with E-state index >= 15 is 0 Å². The van der Waals surface area contributed by atoms with Gasteiger partial charge in [-0.15, -0.1) is 11.3 Å². The molecule has 118 valence electrons. The smallest absolute Gasteiger partial charge is 0.273 e. The van der Waals surface area contributed by atoms with Gasteiger partial charge in [0.1, 0.15) is 10.7 Å². The average Bonchev–Trinajstić information content (AvgIpc) is 3.02. The van der Waals surface area contributed by atoms with Gasteiger partial charge in [-0.3, -0.25) is 4.79 Å². The molecule has 0 atom stereocenters. The molecule has 2 aromatic rings. The van der Waals surface area contributed by atoms with Gasteiger partial charge in [0.05, 0.1) is 6.61 Å². The molecule has 1 aromatic heterocycles. The highest BCUT2D eigenvalue weighted by molar-refractivity contribution is 7.13. The van der Waals surface area contributed by atoms with Crippen LogP contribution in [-0.4, -0.2) is 40.6 Å². The molecule has 1 heterocycles. The van der Waals surface area contributed by atoms with E-state index in [-0.39, 0.29) is 12.5 Å². The van der Waals surface area contributed by atoms with Crippen LogP contribution in [0.3, 0.4) is 0 Å². The molecular weight excluding hydrogens is 296 g/mol. The Balaban J connectivity index is 2.18. The van der Waals surface area contributed by atoms with Crippen LogP contribution in [0.1, 0.15) is 42.7 Å². The molecule has 0 unspecified atom stereocenters. The van der Waals surface area contributed by atoms with Gasteiger partial charge in [0.15, 0.2) is 0 Å². The van der Waals surface area contributed by atoms with Gasteiger partial charge in [0, 0.05) is 24.0 Å². The van der Waals surface area contributed by atoms with E-state index in [2.05, 4.69) is 31.0 Å². The van der Waals surface area contributed by atoms with E-state index in [0.717, 1.165) is 10.6 Å².